The Kier molecular flexibility index (Phi) is 3.14. The second kappa shape index (κ2) is 4.38. The average molecular weight is 167 g/mol. The maximum absolute atomic E-state index is 11.5. The summed E-state index contributed by atoms with van der Waals surface area (Å²) in [7, 11) is 0. The van der Waals surface area contributed by atoms with Gasteiger partial charge >= 0.3 is 0 Å². The zero-order chi connectivity index (χ0) is 8.81. The Morgan fingerprint density at radius 2 is 2.17 bits per heavy atom. The third-order valence-electron chi connectivity index (χ3n) is 1.40. The number of anilines is 1. The summed E-state index contributed by atoms with van der Waals surface area (Å²) in [6, 6.07) is 6.82. The molecular weight excluding hydrogens is 157 g/mol. The van der Waals surface area contributed by atoms with Crippen LogP contribution in [0, 0.1) is 0 Å². The van der Waals surface area contributed by atoms with Crippen LogP contribution in [-0.4, -0.2) is 11.7 Å². The lowest BCUT2D eigenvalue weighted by Gasteiger charge is -2.04. The summed E-state index contributed by atoms with van der Waals surface area (Å²) in [5, 5.41) is 12.1. The fraction of sp³-hybridized carbons (Fsp3) is 0.111. The molecule has 12 heavy (non-hydrogen) atoms. The smallest absolute Gasteiger partial charge is 0.138 e. The van der Waals surface area contributed by atoms with Gasteiger partial charge in [-0.15, -0.1) is 0 Å². The highest BCUT2D eigenvalue weighted by Gasteiger charge is 1.94. The molecule has 2 N–H and O–H groups in total. The molecule has 1 aromatic carbocycles. The van der Waals surface area contributed by atoms with E-state index in [4.69, 9.17) is 0 Å². The van der Waals surface area contributed by atoms with E-state index in [9.17, 15) is 9.50 Å². The highest BCUT2D eigenvalue weighted by atomic mass is 19.1. The Labute approximate surface area is 70.3 Å². The lowest BCUT2D eigenvalue weighted by atomic mass is 10.3. The molecule has 0 spiro atoms. The van der Waals surface area contributed by atoms with Gasteiger partial charge in [-0.05, 0) is 18.2 Å². The average Bonchev–Trinajstić information content (AvgIpc) is 2.09. The minimum Gasteiger partial charge on any atom is -0.506 e. The van der Waals surface area contributed by atoms with E-state index in [0.717, 1.165) is 0 Å². The third-order valence-corrected chi connectivity index (χ3v) is 1.40. The number of nitrogens with one attached hydrogen (secondary N) is 1. The van der Waals surface area contributed by atoms with Crippen molar-refractivity contribution in [2.75, 3.05) is 11.9 Å². The predicted molar refractivity (Wildman–Crippen MR) is 46.8 cm³/mol. The van der Waals surface area contributed by atoms with Crippen molar-refractivity contribution in [2.24, 2.45) is 0 Å². The van der Waals surface area contributed by atoms with Crippen molar-refractivity contribution in [1.29, 1.82) is 0 Å². The fourth-order valence-electron chi connectivity index (χ4n) is 0.837. The lowest BCUT2D eigenvalue weighted by molar-refractivity contribution is 0.477. The SMILES string of the molecule is Oc1ccccc1NC/C=C/F. The van der Waals surface area contributed by atoms with Crippen molar-refractivity contribution in [3.8, 4) is 5.75 Å². The highest BCUT2D eigenvalue weighted by molar-refractivity contribution is 5.55. The fourth-order valence-corrected chi connectivity index (χ4v) is 0.837. The quantitative estimate of drug-likeness (QED) is 0.677. The molecular formula is C9H10FNO. The van der Waals surface area contributed by atoms with Crippen LogP contribution in [0.4, 0.5) is 10.1 Å². The third kappa shape index (κ3) is 2.27. The van der Waals surface area contributed by atoms with Crippen molar-refractivity contribution < 1.29 is 9.50 Å². The van der Waals surface area contributed by atoms with E-state index in [1.165, 1.54) is 6.08 Å². The molecule has 0 atom stereocenters. The molecule has 0 aliphatic heterocycles. The molecule has 0 radical (unpaired) electrons. The van der Waals surface area contributed by atoms with Crippen LogP contribution in [0.15, 0.2) is 36.7 Å². The number of aromatic hydroxyl groups is 1. The van der Waals surface area contributed by atoms with E-state index in [-0.39, 0.29) is 5.75 Å². The number of phenolic OH excluding ortho intramolecular Hbond substituents is 1. The first-order valence-electron chi connectivity index (χ1n) is 3.61. The van der Waals surface area contributed by atoms with Gasteiger partial charge in [-0.2, -0.15) is 0 Å². The summed E-state index contributed by atoms with van der Waals surface area (Å²) in [5.41, 5.74) is 0.607. The number of phenols is 1. The number of para-hydroxylation sites is 2. The van der Waals surface area contributed by atoms with Crippen LogP contribution in [0.3, 0.4) is 0 Å². The van der Waals surface area contributed by atoms with Crippen LogP contribution in [0.1, 0.15) is 0 Å². The van der Waals surface area contributed by atoms with Gasteiger partial charge in [0.1, 0.15) is 5.75 Å². The van der Waals surface area contributed by atoms with Crippen molar-refractivity contribution in [3.05, 3.63) is 36.7 Å². The largest absolute Gasteiger partial charge is 0.506 e. The van der Waals surface area contributed by atoms with Gasteiger partial charge in [0.05, 0.1) is 12.0 Å². The van der Waals surface area contributed by atoms with E-state index in [1.54, 1.807) is 24.3 Å². The van der Waals surface area contributed by atoms with Crippen LogP contribution in [0.5, 0.6) is 5.75 Å². The molecule has 0 amide bonds. The van der Waals surface area contributed by atoms with Crippen molar-refractivity contribution in [3.63, 3.8) is 0 Å². The minimum absolute atomic E-state index is 0.171. The molecule has 0 aliphatic carbocycles. The normalized spacial score (nSPS) is 10.4. The molecule has 0 heterocycles. The highest BCUT2D eigenvalue weighted by Crippen LogP contribution is 2.20. The molecule has 0 bridgehead atoms. The van der Waals surface area contributed by atoms with E-state index >= 15 is 0 Å². The minimum atomic E-state index is 0.171. The van der Waals surface area contributed by atoms with Crippen LogP contribution >= 0.6 is 0 Å². The number of hydrogen-bond donors (Lipinski definition) is 2. The molecule has 1 aromatic rings. The van der Waals surface area contributed by atoms with E-state index in [2.05, 4.69) is 5.32 Å². The summed E-state index contributed by atoms with van der Waals surface area (Å²) in [5.74, 6) is 0.171. The molecule has 0 aliphatic rings. The summed E-state index contributed by atoms with van der Waals surface area (Å²) in [6.07, 6.45) is 1.79. The van der Waals surface area contributed by atoms with Gasteiger partial charge < -0.3 is 10.4 Å². The van der Waals surface area contributed by atoms with Gasteiger partial charge in [0, 0.05) is 6.54 Å². The Bertz CT molecular complexity index is 273. The summed E-state index contributed by atoms with van der Waals surface area (Å²) in [4.78, 5) is 0. The van der Waals surface area contributed by atoms with Gasteiger partial charge in [0.15, 0.2) is 0 Å². The predicted octanol–water partition coefficient (Wildman–Crippen LogP) is 2.29. The molecule has 1 rings (SSSR count). The summed E-state index contributed by atoms with van der Waals surface area (Å²) >= 11 is 0. The van der Waals surface area contributed by atoms with Gasteiger partial charge in [-0.3, -0.25) is 0 Å². The lowest BCUT2D eigenvalue weighted by Crippen LogP contribution is -1.97. The van der Waals surface area contributed by atoms with Crippen molar-refractivity contribution in [1.82, 2.24) is 0 Å². The number of hydrogen-bond acceptors (Lipinski definition) is 2. The monoisotopic (exact) mass is 167 g/mol. The first kappa shape index (κ1) is 8.59. The molecule has 0 unspecified atom stereocenters. The van der Waals surface area contributed by atoms with Crippen molar-refractivity contribution in [2.45, 2.75) is 0 Å². The molecule has 0 saturated carbocycles. The summed E-state index contributed by atoms with van der Waals surface area (Å²) < 4.78 is 11.5. The molecule has 0 fully saturated rings. The first-order chi connectivity index (χ1) is 5.84. The molecule has 64 valence electrons. The van der Waals surface area contributed by atoms with Gasteiger partial charge in [-0.1, -0.05) is 12.1 Å². The van der Waals surface area contributed by atoms with Crippen LogP contribution in [0.2, 0.25) is 0 Å². The zero-order valence-electron chi connectivity index (χ0n) is 6.50. The maximum atomic E-state index is 11.5. The Balaban J connectivity index is 2.57. The van der Waals surface area contributed by atoms with Gasteiger partial charge in [-0.25, -0.2) is 4.39 Å². The van der Waals surface area contributed by atoms with Crippen molar-refractivity contribution >= 4 is 5.69 Å². The van der Waals surface area contributed by atoms with E-state index in [0.29, 0.717) is 18.6 Å². The van der Waals surface area contributed by atoms with Crippen LogP contribution in [0.25, 0.3) is 0 Å². The second-order valence-electron chi connectivity index (χ2n) is 2.26. The van der Waals surface area contributed by atoms with Crippen LogP contribution in [-0.2, 0) is 0 Å². The van der Waals surface area contributed by atoms with Gasteiger partial charge in [0.25, 0.3) is 0 Å². The van der Waals surface area contributed by atoms with Gasteiger partial charge in [0.2, 0.25) is 0 Å². The van der Waals surface area contributed by atoms with E-state index < -0.39 is 0 Å². The topological polar surface area (TPSA) is 32.3 Å². The summed E-state index contributed by atoms with van der Waals surface area (Å²) in [6.45, 7) is 0.369. The van der Waals surface area contributed by atoms with Crippen LogP contribution < -0.4 is 5.32 Å². The zero-order valence-corrected chi connectivity index (χ0v) is 6.50. The molecule has 0 aromatic heterocycles. The first-order valence-corrected chi connectivity index (χ1v) is 3.61. The maximum Gasteiger partial charge on any atom is 0.138 e. The number of benzene rings is 1. The Hall–Kier alpha value is -1.51. The number of rotatable bonds is 3. The molecule has 0 saturated heterocycles. The Morgan fingerprint density at radius 1 is 1.42 bits per heavy atom. The molecule has 3 heteroatoms. The number of halogens is 1. The molecule has 2 nitrogen and oxygen atoms in total. The Morgan fingerprint density at radius 3 is 2.83 bits per heavy atom. The van der Waals surface area contributed by atoms with E-state index in [1.807, 2.05) is 0 Å². The second-order valence-corrected chi connectivity index (χ2v) is 2.26. The standard InChI is InChI=1S/C9H10FNO/c10-6-3-7-11-8-4-1-2-5-9(8)12/h1-6,11-12H,7H2/b6-3+.